The van der Waals surface area contributed by atoms with Gasteiger partial charge in [0.1, 0.15) is 0 Å². The van der Waals surface area contributed by atoms with E-state index in [9.17, 15) is 0 Å². The van der Waals surface area contributed by atoms with E-state index < -0.39 is 0 Å². The van der Waals surface area contributed by atoms with E-state index in [0.717, 1.165) is 30.3 Å². The number of rotatable bonds is 2. The minimum absolute atomic E-state index is 0.577. The average Bonchev–Trinajstić information content (AvgIpc) is 2.91. The monoisotopic (exact) mass is 290 g/mol. The maximum absolute atomic E-state index is 5.70. The van der Waals surface area contributed by atoms with Gasteiger partial charge in [0.25, 0.3) is 0 Å². The van der Waals surface area contributed by atoms with Gasteiger partial charge in [0, 0.05) is 7.11 Å². The van der Waals surface area contributed by atoms with E-state index in [0.29, 0.717) is 10.8 Å². The predicted molar refractivity (Wildman–Crippen MR) is 87.2 cm³/mol. The number of methoxy groups -OCH3 is 1. The molecule has 0 radical (unpaired) electrons. The largest absolute Gasteiger partial charge is 0.384 e. The molecule has 0 aromatic heterocycles. The van der Waals surface area contributed by atoms with Gasteiger partial charge in [0.2, 0.25) is 0 Å². The molecule has 0 spiro atoms. The molecule has 0 N–H and O–H groups in total. The second-order valence-corrected chi connectivity index (χ2v) is 9.13. The summed E-state index contributed by atoms with van der Waals surface area (Å²) >= 11 is 0. The number of hydrogen-bond acceptors (Lipinski definition) is 1. The predicted octanol–water partition coefficient (Wildman–Crippen LogP) is 5.44. The lowest BCUT2D eigenvalue weighted by Gasteiger charge is -2.60. The molecule has 0 saturated heterocycles. The van der Waals surface area contributed by atoms with Gasteiger partial charge in [-0.25, -0.2) is 0 Å². The Kier molecular flexibility index (Phi) is 3.64. The molecule has 4 rings (SSSR count). The third-order valence-corrected chi connectivity index (χ3v) is 8.54. The number of hydrogen-bond donors (Lipinski definition) is 0. The van der Waals surface area contributed by atoms with Crippen molar-refractivity contribution in [3.8, 4) is 0 Å². The molecular weight excluding hydrogens is 256 g/mol. The molecule has 0 bridgehead atoms. The first-order valence-electron chi connectivity index (χ1n) is 9.69. The Morgan fingerprint density at radius 2 is 1.76 bits per heavy atom. The van der Waals surface area contributed by atoms with Crippen LogP contribution in [0.5, 0.6) is 0 Å². The molecule has 120 valence electrons. The highest BCUT2D eigenvalue weighted by atomic mass is 16.5. The van der Waals surface area contributed by atoms with Gasteiger partial charge in [-0.3, -0.25) is 0 Å². The Hall–Kier alpha value is -0.0400. The molecule has 0 aromatic rings. The SMILES string of the molecule is COC[C@@]12CCC[C@H]1[C@@H]1CC[C@@H]3CCCC[C@]3(C)[C@H]1CC2. The first-order valence-corrected chi connectivity index (χ1v) is 9.69. The molecule has 4 fully saturated rings. The summed E-state index contributed by atoms with van der Waals surface area (Å²) in [6.07, 6.45) is 16.6. The fraction of sp³-hybridized carbons (Fsp3) is 1.00. The molecule has 0 amide bonds. The highest BCUT2D eigenvalue weighted by Gasteiger charge is 2.58. The summed E-state index contributed by atoms with van der Waals surface area (Å²) in [6.45, 7) is 3.73. The molecule has 0 heterocycles. The van der Waals surface area contributed by atoms with Crippen molar-refractivity contribution in [1.82, 2.24) is 0 Å². The van der Waals surface area contributed by atoms with Gasteiger partial charge in [-0.15, -0.1) is 0 Å². The lowest BCUT2D eigenvalue weighted by Crippen LogP contribution is -2.53. The summed E-state index contributed by atoms with van der Waals surface area (Å²) < 4.78 is 5.70. The summed E-state index contributed by atoms with van der Waals surface area (Å²) in [5.41, 5.74) is 1.27. The molecule has 0 aliphatic heterocycles. The van der Waals surface area contributed by atoms with E-state index in [1.54, 1.807) is 6.42 Å². The molecule has 4 aliphatic carbocycles. The van der Waals surface area contributed by atoms with Gasteiger partial charge in [-0.1, -0.05) is 26.2 Å². The normalized spacial score (nSPS) is 52.9. The van der Waals surface area contributed by atoms with Crippen molar-refractivity contribution in [3.05, 3.63) is 0 Å². The zero-order chi connectivity index (χ0) is 14.5. The molecule has 0 aromatic carbocycles. The summed E-state index contributed by atoms with van der Waals surface area (Å²) in [4.78, 5) is 0. The van der Waals surface area contributed by atoms with Crippen molar-refractivity contribution < 1.29 is 4.74 Å². The maximum atomic E-state index is 5.70. The summed E-state index contributed by atoms with van der Waals surface area (Å²) in [7, 11) is 1.93. The fourth-order valence-corrected chi connectivity index (χ4v) is 7.63. The van der Waals surface area contributed by atoms with Crippen molar-refractivity contribution >= 4 is 0 Å². The zero-order valence-electron chi connectivity index (χ0n) is 14.2. The molecule has 1 heteroatoms. The van der Waals surface area contributed by atoms with Crippen LogP contribution in [-0.2, 0) is 4.74 Å². The van der Waals surface area contributed by atoms with Crippen LogP contribution in [0.4, 0.5) is 0 Å². The second-order valence-electron chi connectivity index (χ2n) is 9.13. The lowest BCUT2D eigenvalue weighted by molar-refractivity contribution is -0.120. The van der Waals surface area contributed by atoms with Gasteiger partial charge in [0.15, 0.2) is 0 Å². The summed E-state index contributed by atoms with van der Waals surface area (Å²) in [6, 6.07) is 0. The molecule has 4 aliphatic rings. The Labute approximate surface area is 131 Å². The van der Waals surface area contributed by atoms with Crippen LogP contribution in [0.15, 0.2) is 0 Å². The first kappa shape index (κ1) is 14.5. The Morgan fingerprint density at radius 1 is 0.857 bits per heavy atom. The quantitative estimate of drug-likeness (QED) is 0.658. The van der Waals surface area contributed by atoms with Crippen molar-refractivity contribution in [2.75, 3.05) is 13.7 Å². The second kappa shape index (κ2) is 5.25. The van der Waals surface area contributed by atoms with Crippen molar-refractivity contribution in [2.45, 2.75) is 77.6 Å². The van der Waals surface area contributed by atoms with Crippen molar-refractivity contribution in [1.29, 1.82) is 0 Å². The number of ether oxygens (including phenoxy) is 1. The molecule has 1 nitrogen and oxygen atoms in total. The highest BCUT2D eigenvalue weighted by Crippen LogP contribution is 2.66. The van der Waals surface area contributed by atoms with Crippen LogP contribution in [-0.4, -0.2) is 13.7 Å². The Morgan fingerprint density at radius 3 is 2.62 bits per heavy atom. The van der Waals surface area contributed by atoms with Crippen LogP contribution in [0.3, 0.4) is 0 Å². The van der Waals surface area contributed by atoms with Crippen molar-refractivity contribution in [3.63, 3.8) is 0 Å². The molecular formula is C20H34O. The summed E-state index contributed by atoms with van der Waals surface area (Å²) in [5, 5.41) is 0. The Balaban J connectivity index is 1.62. The molecule has 4 saturated carbocycles. The first-order chi connectivity index (χ1) is 10.2. The van der Waals surface area contributed by atoms with E-state index in [1.807, 2.05) is 7.11 Å². The van der Waals surface area contributed by atoms with E-state index in [1.165, 1.54) is 64.2 Å². The van der Waals surface area contributed by atoms with Crippen molar-refractivity contribution in [2.24, 2.45) is 34.5 Å². The third kappa shape index (κ3) is 2.06. The van der Waals surface area contributed by atoms with Crippen LogP contribution in [0.1, 0.15) is 77.6 Å². The van der Waals surface area contributed by atoms with Crippen LogP contribution in [0, 0.1) is 34.5 Å². The van der Waals surface area contributed by atoms with Gasteiger partial charge < -0.3 is 4.74 Å². The smallest absolute Gasteiger partial charge is 0.0521 e. The highest BCUT2D eigenvalue weighted by molar-refractivity contribution is 5.07. The third-order valence-electron chi connectivity index (χ3n) is 8.54. The minimum atomic E-state index is 0.577. The topological polar surface area (TPSA) is 9.23 Å². The van der Waals surface area contributed by atoms with E-state index in [4.69, 9.17) is 4.74 Å². The van der Waals surface area contributed by atoms with Crippen LogP contribution >= 0.6 is 0 Å². The number of fused-ring (bicyclic) bond motifs is 5. The van der Waals surface area contributed by atoms with E-state index in [2.05, 4.69) is 6.92 Å². The average molecular weight is 290 g/mol. The molecule has 6 atom stereocenters. The van der Waals surface area contributed by atoms with E-state index in [-0.39, 0.29) is 0 Å². The van der Waals surface area contributed by atoms with Gasteiger partial charge >= 0.3 is 0 Å². The molecule has 0 unspecified atom stereocenters. The minimum Gasteiger partial charge on any atom is -0.384 e. The Bertz CT molecular complexity index is 391. The molecule has 21 heavy (non-hydrogen) atoms. The van der Waals surface area contributed by atoms with Crippen LogP contribution in [0.2, 0.25) is 0 Å². The lowest BCUT2D eigenvalue weighted by atomic mass is 9.45. The standard InChI is InChI=1S/C20H34O/c1-19-11-4-3-6-15(19)8-9-16-17(19)10-13-20(14-21-2)12-5-7-18(16)20/h15-18H,3-14H2,1-2H3/t15-,16+,17-,18-,19-,20-/m0/s1. The fourth-order valence-electron chi connectivity index (χ4n) is 7.63. The maximum Gasteiger partial charge on any atom is 0.0521 e. The van der Waals surface area contributed by atoms with Crippen LogP contribution in [0.25, 0.3) is 0 Å². The van der Waals surface area contributed by atoms with Gasteiger partial charge in [-0.2, -0.15) is 0 Å². The van der Waals surface area contributed by atoms with Gasteiger partial charge in [0.05, 0.1) is 6.61 Å². The van der Waals surface area contributed by atoms with E-state index >= 15 is 0 Å². The zero-order valence-corrected chi connectivity index (χ0v) is 14.2. The van der Waals surface area contributed by atoms with Gasteiger partial charge in [-0.05, 0) is 85.9 Å². The van der Waals surface area contributed by atoms with Crippen LogP contribution < -0.4 is 0 Å². The summed E-state index contributed by atoms with van der Waals surface area (Å²) in [5.74, 6) is 4.14.